The maximum absolute atomic E-state index is 12.1. The number of piperidine rings is 1. The van der Waals surface area contributed by atoms with Crippen LogP contribution < -0.4 is 5.32 Å². The molecule has 20 heavy (non-hydrogen) atoms. The summed E-state index contributed by atoms with van der Waals surface area (Å²) >= 11 is 0. The van der Waals surface area contributed by atoms with Gasteiger partial charge in [0.05, 0.1) is 18.7 Å². The van der Waals surface area contributed by atoms with Crippen molar-refractivity contribution in [2.75, 3.05) is 19.3 Å². The highest BCUT2D eigenvalue weighted by atomic mass is 32.2. The first-order chi connectivity index (χ1) is 9.36. The zero-order valence-electron chi connectivity index (χ0n) is 11.8. The van der Waals surface area contributed by atoms with Crippen LogP contribution in [0.15, 0.2) is 16.5 Å². The maximum Gasteiger partial charge on any atom is 0.224 e. The summed E-state index contributed by atoms with van der Waals surface area (Å²) in [7, 11) is -3.22. The molecule has 1 aliphatic rings. The maximum atomic E-state index is 12.1. The Hall–Kier alpha value is -1.34. The van der Waals surface area contributed by atoms with Crippen molar-refractivity contribution < 1.29 is 17.6 Å². The van der Waals surface area contributed by atoms with Crippen LogP contribution >= 0.6 is 0 Å². The highest BCUT2D eigenvalue weighted by Gasteiger charge is 2.29. The van der Waals surface area contributed by atoms with E-state index < -0.39 is 10.0 Å². The van der Waals surface area contributed by atoms with Crippen LogP contribution in [0.5, 0.6) is 0 Å². The summed E-state index contributed by atoms with van der Waals surface area (Å²) in [4.78, 5) is 12.1. The molecule has 0 unspecified atom stereocenters. The van der Waals surface area contributed by atoms with Crippen LogP contribution in [0, 0.1) is 12.8 Å². The fraction of sp³-hybridized carbons (Fsp3) is 0.615. The lowest BCUT2D eigenvalue weighted by Crippen LogP contribution is -2.44. The van der Waals surface area contributed by atoms with Crippen LogP contribution in [-0.2, 0) is 21.4 Å². The number of hydrogen-bond donors (Lipinski definition) is 1. The van der Waals surface area contributed by atoms with Gasteiger partial charge in [0.2, 0.25) is 15.9 Å². The third-order valence-corrected chi connectivity index (χ3v) is 4.73. The molecule has 2 heterocycles. The molecule has 1 aromatic heterocycles. The molecule has 1 atom stereocenters. The van der Waals surface area contributed by atoms with Gasteiger partial charge in [0.15, 0.2) is 0 Å². The number of amides is 1. The van der Waals surface area contributed by atoms with Crippen LogP contribution in [0.1, 0.15) is 24.4 Å². The second-order valence-corrected chi connectivity index (χ2v) is 7.17. The Morgan fingerprint density at radius 3 is 2.85 bits per heavy atom. The van der Waals surface area contributed by atoms with E-state index in [1.165, 1.54) is 10.6 Å². The number of rotatable bonds is 4. The molecule has 1 saturated heterocycles. The zero-order chi connectivity index (χ0) is 14.8. The van der Waals surface area contributed by atoms with Gasteiger partial charge in [-0.3, -0.25) is 4.79 Å². The van der Waals surface area contributed by atoms with E-state index in [0.29, 0.717) is 25.3 Å². The molecule has 0 spiro atoms. The van der Waals surface area contributed by atoms with E-state index >= 15 is 0 Å². The minimum absolute atomic E-state index is 0.118. The molecule has 0 aliphatic carbocycles. The van der Waals surface area contributed by atoms with E-state index in [1.807, 2.05) is 19.1 Å². The van der Waals surface area contributed by atoms with Gasteiger partial charge in [0.25, 0.3) is 0 Å². The van der Waals surface area contributed by atoms with Gasteiger partial charge in [-0.1, -0.05) is 0 Å². The zero-order valence-corrected chi connectivity index (χ0v) is 12.6. The lowest BCUT2D eigenvalue weighted by Gasteiger charge is -2.30. The van der Waals surface area contributed by atoms with Crippen LogP contribution in [0.4, 0.5) is 0 Å². The van der Waals surface area contributed by atoms with Gasteiger partial charge in [0.1, 0.15) is 11.5 Å². The monoisotopic (exact) mass is 300 g/mol. The number of hydrogen-bond acceptors (Lipinski definition) is 4. The minimum atomic E-state index is -3.22. The fourth-order valence-electron chi connectivity index (χ4n) is 2.36. The van der Waals surface area contributed by atoms with Gasteiger partial charge >= 0.3 is 0 Å². The van der Waals surface area contributed by atoms with E-state index in [1.54, 1.807) is 0 Å². The van der Waals surface area contributed by atoms with Crippen molar-refractivity contribution in [2.24, 2.45) is 5.92 Å². The number of nitrogens with one attached hydrogen (secondary N) is 1. The van der Waals surface area contributed by atoms with Crippen LogP contribution in [0.25, 0.3) is 0 Å². The summed E-state index contributed by atoms with van der Waals surface area (Å²) in [6.07, 6.45) is 2.61. The molecule has 0 aromatic carbocycles. The van der Waals surface area contributed by atoms with Gasteiger partial charge in [-0.15, -0.1) is 0 Å². The van der Waals surface area contributed by atoms with Crippen LogP contribution in [-0.4, -0.2) is 38.0 Å². The Labute approximate surface area is 119 Å². The molecule has 0 radical (unpaired) electrons. The molecular weight excluding hydrogens is 280 g/mol. The Morgan fingerprint density at radius 1 is 1.50 bits per heavy atom. The summed E-state index contributed by atoms with van der Waals surface area (Å²) in [5, 5.41) is 2.80. The number of nitrogens with zero attached hydrogens (tertiary/aromatic N) is 1. The second kappa shape index (κ2) is 5.97. The van der Waals surface area contributed by atoms with Gasteiger partial charge < -0.3 is 9.73 Å². The first-order valence-electron chi connectivity index (χ1n) is 6.64. The van der Waals surface area contributed by atoms with Crippen LogP contribution in [0.2, 0.25) is 0 Å². The van der Waals surface area contributed by atoms with E-state index in [9.17, 15) is 13.2 Å². The molecule has 7 heteroatoms. The highest BCUT2D eigenvalue weighted by molar-refractivity contribution is 7.88. The average Bonchev–Trinajstić information content (AvgIpc) is 2.81. The Balaban J connectivity index is 1.89. The number of furan rings is 1. The van der Waals surface area contributed by atoms with Gasteiger partial charge in [-0.25, -0.2) is 12.7 Å². The third kappa shape index (κ3) is 3.83. The number of aryl methyl sites for hydroxylation is 1. The van der Waals surface area contributed by atoms with E-state index in [-0.39, 0.29) is 18.4 Å². The predicted octanol–water partition coefficient (Wildman–Crippen LogP) is 0.876. The van der Waals surface area contributed by atoms with Crippen molar-refractivity contribution in [1.29, 1.82) is 0 Å². The van der Waals surface area contributed by atoms with Gasteiger partial charge in [0, 0.05) is 13.1 Å². The summed E-state index contributed by atoms with van der Waals surface area (Å²) < 4.78 is 29.8. The molecule has 1 aliphatic heterocycles. The molecular formula is C13H20N2O4S. The first-order valence-corrected chi connectivity index (χ1v) is 8.49. The van der Waals surface area contributed by atoms with Crippen molar-refractivity contribution >= 4 is 15.9 Å². The van der Waals surface area contributed by atoms with Crippen molar-refractivity contribution in [1.82, 2.24) is 9.62 Å². The summed E-state index contributed by atoms with van der Waals surface area (Å²) in [6.45, 7) is 2.94. The molecule has 1 amide bonds. The number of sulfonamides is 1. The molecule has 2 rings (SSSR count). The Kier molecular flexibility index (Phi) is 4.49. The lowest BCUT2D eigenvalue weighted by molar-refractivity contribution is -0.126. The van der Waals surface area contributed by atoms with Gasteiger partial charge in [-0.2, -0.15) is 0 Å². The Morgan fingerprint density at radius 2 is 2.25 bits per heavy atom. The van der Waals surface area contributed by atoms with Crippen molar-refractivity contribution in [3.05, 3.63) is 23.7 Å². The quantitative estimate of drug-likeness (QED) is 0.895. The van der Waals surface area contributed by atoms with Crippen molar-refractivity contribution in [2.45, 2.75) is 26.3 Å². The van der Waals surface area contributed by atoms with Crippen LogP contribution in [0.3, 0.4) is 0 Å². The summed E-state index contributed by atoms with van der Waals surface area (Å²) in [6, 6.07) is 3.66. The normalized spacial score (nSPS) is 20.8. The number of carbonyl (C=O) groups is 1. The largest absolute Gasteiger partial charge is 0.465 e. The number of carbonyl (C=O) groups excluding carboxylic acids is 1. The molecule has 112 valence electrons. The summed E-state index contributed by atoms with van der Waals surface area (Å²) in [5.74, 6) is 1.10. The standard InChI is InChI=1S/C13H20N2O4S/c1-10-5-6-12(19-10)8-14-13(16)11-4-3-7-15(9-11)20(2,17)18/h5-6,11H,3-4,7-9H2,1-2H3,(H,14,16)/t11-/m1/s1. The fourth-order valence-corrected chi connectivity index (χ4v) is 3.27. The highest BCUT2D eigenvalue weighted by Crippen LogP contribution is 2.19. The van der Waals surface area contributed by atoms with E-state index in [0.717, 1.165) is 12.2 Å². The smallest absolute Gasteiger partial charge is 0.224 e. The van der Waals surface area contributed by atoms with Gasteiger partial charge in [-0.05, 0) is 31.9 Å². The van der Waals surface area contributed by atoms with Crippen molar-refractivity contribution in [3.63, 3.8) is 0 Å². The second-order valence-electron chi connectivity index (χ2n) is 5.19. The predicted molar refractivity (Wildman–Crippen MR) is 74.4 cm³/mol. The molecule has 0 saturated carbocycles. The van der Waals surface area contributed by atoms with Crippen molar-refractivity contribution in [3.8, 4) is 0 Å². The minimum Gasteiger partial charge on any atom is -0.465 e. The van der Waals surface area contributed by atoms with E-state index in [2.05, 4.69) is 5.32 Å². The SMILES string of the molecule is Cc1ccc(CNC(=O)[C@@H]2CCCN(S(C)(=O)=O)C2)o1. The molecule has 1 aromatic rings. The molecule has 6 nitrogen and oxygen atoms in total. The summed E-state index contributed by atoms with van der Waals surface area (Å²) in [5.41, 5.74) is 0. The first kappa shape index (κ1) is 15.1. The molecule has 1 N–H and O–H groups in total. The molecule has 0 bridgehead atoms. The topological polar surface area (TPSA) is 79.6 Å². The third-order valence-electron chi connectivity index (χ3n) is 3.46. The molecule has 1 fully saturated rings. The average molecular weight is 300 g/mol. The lowest BCUT2D eigenvalue weighted by atomic mass is 9.99. The van der Waals surface area contributed by atoms with E-state index in [4.69, 9.17) is 4.42 Å². The Bertz CT molecular complexity index is 579.